The van der Waals surface area contributed by atoms with Gasteiger partial charge in [0.1, 0.15) is 5.76 Å². The first kappa shape index (κ1) is 23.6. The molecule has 10 nitrogen and oxygen atoms in total. The smallest absolute Gasteiger partial charge is 0.240 e. The lowest BCUT2D eigenvalue weighted by molar-refractivity contribution is -0.134. The summed E-state index contributed by atoms with van der Waals surface area (Å²) in [4.78, 5) is 37.8. The molecule has 2 aromatic rings. The van der Waals surface area contributed by atoms with E-state index in [9.17, 15) is 22.8 Å². The molecule has 1 fully saturated rings. The Balaban J connectivity index is 1.42. The number of aryl methyl sites for hydroxylation is 1. The van der Waals surface area contributed by atoms with Crippen molar-refractivity contribution in [2.24, 2.45) is 5.92 Å². The third-order valence-electron chi connectivity index (χ3n) is 5.30. The van der Waals surface area contributed by atoms with Crippen molar-refractivity contribution < 1.29 is 27.3 Å². The minimum absolute atomic E-state index is 0.0137. The number of likely N-dealkylation sites (tertiary alicyclic amines) is 1. The second kappa shape index (κ2) is 10.0. The molecule has 0 atom stereocenters. The highest BCUT2D eigenvalue weighted by Crippen LogP contribution is 2.20. The molecule has 172 valence electrons. The van der Waals surface area contributed by atoms with Crippen LogP contribution in [0.15, 0.2) is 39.8 Å². The quantitative estimate of drug-likeness (QED) is 0.570. The first-order valence-electron chi connectivity index (χ1n) is 10.3. The molecule has 0 aliphatic carbocycles. The number of anilines is 1. The van der Waals surface area contributed by atoms with Gasteiger partial charge in [0, 0.05) is 43.6 Å². The van der Waals surface area contributed by atoms with Crippen LogP contribution in [0, 0.1) is 12.8 Å². The molecule has 1 aromatic carbocycles. The fourth-order valence-corrected chi connectivity index (χ4v) is 4.48. The summed E-state index contributed by atoms with van der Waals surface area (Å²) < 4.78 is 32.1. The van der Waals surface area contributed by atoms with E-state index in [-0.39, 0.29) is 41.4 Å². The lowest BCUT2D eigenvalue weighted by atomic mass is 9.95. The van der Waals surface area contributed by atoms with E-state index >= 15 is 0 Å². The van der Waals surface area contributed by atoms with Gasteiger partial charge in [-0.15, -0.1) is 0 Å². The first-order valence-corrected chi connectivity index (χ1v) is 11.8. The molecule has 1 aliphatic heterocycles. The Morgan fingerprint density at radius 1 is 1.16 bits per heavy atom. The number of Topliss-reactive ketones (excluding diaryl/α,β-unsaturated/α-hetero) is 1. The van der Waals surface area contributed by atoms with Crippen molar-refractivity contribution in [1.82, 2.24) is 14.8 Å². The van der Waals surface area contributed by atoms with E-state index in [1.54, 1.807) is 17.9 Å². The zero-order valence-electron chi connectivity index (χ0n) is 18.0. The molecule has 11 heteroatoms. The highest BCUT2D eigenvalue weighted by molar-refractivity contribution is 7.89. The van der Waals surface area contributed by atoms with Crippen LogP contribution in [0.4, 0.5) is 5.82 Å². The van der Waals surface area contributed by atoms with E-state index in [0.29, 0.717) is 43.1 Å². The predicted molar refractivity (Wildman–Crippen MR) is 115 cm³/mol. The predicted octanol–water partition coefficient (Wildman–Crippen LogP) is 1.73. The zero-order chi connectivity index (χ0) is 23.3. The molecule has 1 saturated heterocycles. The zero-order valence-corrected chi connectivity index (χ0v) is 18.8. The highest BCUT2D eigenvalue weighted by atomic mass is 32.2. The van der Waals surface area contributed by atoms with E-state index in [0.717, 1.165) is 0 Å². The minimum Gasteiger partial charge on any atom is -0.360 e. The number of ketones is 1. The summed E-state index contributed by atoms with van der Waals surface area (Å²) in [5, 5.41) is 6.45. The van der Waals surface area contributed by atoms with Gasteiger partial charge in [0.2, 0.25) is 21.8 Å². The summed E-state index contributed by atoms with van der Waals surface area (Å²) in [5.41, 5.74) is 0.423. The number of sulfonamides is 1. The number of nitrogens with one attached hydrogen (secondary N) is 2. The van der Waals surface area contributed by atoms with E-state index in [2.05, 4.69) is 15.2 Å². The molecule has 0 bridgehead atoms. The van der Waals surface area contributed by atoms with Crippen molar-refractivity contribution in [3.8, 4) is 0 Å². The second-order valence-electron chi connectivity index (χ2n) is 7.70. The molecular weight excluding hydrogens is 436 g/mol. The summed E-state index contributed by atoms with van der Waals surface area (Å²) in [6.45, 7) is 3.95. The lowest BCUT2D eigenvalue weighted by Gasteiger charge is -2.31. The van der Waals surface area contributed by atoms with E-state index in [4.69, 9.17) is 4.52 Å². The molecule has 32 heavy (non-hydrogen) atoms. The van der Waals surface area contributed by atoms with Crippen LogP contribution in [-0.4, -0.2) is 55.7 Å². The van der Waals surface area contributed by atoms with Crippen LogP contribution in [0.1, 0.15) is 42.3 Å². The Labute approximate surface area is 186 Å². The van der Waals surface area contributed by atoms with Gasteiger partial charge in [0.15, 0.2) is 11.6 Å². The van der Waals surface area contributed by atoms with E-state index in [1.807, 2.05) is 0 Å². The number of amides is 2. The van der Waals surface area contributed by atoms with Gasteiger partial charge in [-0.1, -0.05) is 17.3 Å². The van der Waals surface area contributed by atoms with Gasteiger partial charge in [-0.2, -0.15) is 0 Å². The topological polar surface area (TPSA) is 139 Å². The normalized spacial score (nSPS) is 14.9. The Hall–Kier alpha value is -3.05. The van der Waals surface area contributed by atoms with E-state index in [1.165, 1.54) is 31.2 Å². The monoisotopic (exact) mass is 462 g/mol. The van der Waals surface area contributed by atoms with Gasteiger partial charge >= 0.3 is 0 Å². The molecule has 0 saturated carbocycles. The van der Waals surface area contributed by atoms with Gasteiger partial charge in [0.25, 0.3) is 0 Å². The number of aromatic nitrogens is 1. The summed E-state index contributed by atoms with van der Waals surface area (Å²) in [6, 6.07) is 7.25. The van der Waals surface area contributed by atoms with Crippen LogP contribution >= 0.6 is 0 Å². The van der Waals surface area contributed by atoms with Crippen LogP contribution in [0.25, 0.3) is 0 Å². The van der Waals surface area contributed by atoms with Crippen LogP contribution in [0.3, 0.4) is 0 Å². The SMILES string of the molecule is CC(=O)c1ccc(S(=O)(=O)NCCC(=O)N2CCC(C(=O)Nc3cc(C)on3)CC2)cc1. The number of hydrogen-bond acceptors (Lipinski definition) is 7. The minimum atomic E-state index is -3.78. The van der Waals surface area contributed by atoms with Crippen molar-refractivity contribution in [2.75, 3.05) is 25.0 Å². The number of hydrogen-bond donors (Lipinski definition) is 2. The van der Waals surface area contributed by atoms with Crippen LogP contribution in [0.5, 0.6) is 0 Å². The Bertz CT molecular complexity index is 1090. The number of nitrogens with zero attached hydrogens (tertiary/aromatic N) is 2. The molecule has 2 heterocycles. The number of piperidine rings is 1. The molecule has 1 aromatic heterocycles. The van der Waals surface area contributed by atoms with Crippen molar-refractivity contribution in [3.05, 3.63) is 41.7 Å². The van der Waals surface area contributed by atoms with Crippen molar-refractivity contribution in [1.29, 1.82) is 0 Å². The van der Waals surface area contributed by atoms with Crippen molar-refractivity contribution in [3.63, 3.8) is 0 Å². The summed E-state index contributed by atoms with van der Waals surface area (Å²) in [6.07, 6.45) is 1.05. The van der Waals surface area contributed by atoms with Gasteiger partial charge in [-0.05, 0) is 38.8 Å². The Morgan fingerprint density at radius 2 is 1.81 bits per heavy atom. The van der Waals surface area contributed by atoms with Gasteiger partial charge in [0.05, 0.1) is 4.90 Å². The lowest BCUT2D eigenvalue weighted by Crippen LogP contribution is -2.42. The fraction of sp³-hybridized carbons (Fsp3) is 0.429. The Morgan fingerprint density at radius 3 is 2.38 bits per heavy atom. The third-order valence-corrected chi connectivity index (χ3v) is 6.78. The van der Waals surface area contributed by atoms with Crippen LogP contribution in [0.2, 0.25) is 0 Å². The number of rotatable bonds is 8. The molecule has 2 amide bonds. The van der Waals surface area contributed by atoms with E-state index < -0.39 is 10.0 Å². The van der Waals surface area contributed by atoms with Gasteiger partial charge in [-0.3, -0.25) is 14.4 Å². The summed E-state index contributed by atoms with van der Waals surface area (Å²) in [5.74, 6) is 0.257. The van der Waals surface area contributed by atoms with Crippen LogP contribution in [-0.2, 0) is 19.6 Å². The molecule has 3 rings (SSSR count). The molecule has 0 unspecified atom stereocenters. The maximum Gasteiger partial charge on any atom is 0.240 e. The van der Waals surface area contributed by atoms with Crippen molar-refractivity contribution in [2.45, 2.75) is 38.0 Å². The maximum atomic E-state index is 12.4. The maximum absolute atomic E-state index is 12.4. The largest absolute Gasteiger partial charge is 0.360 e. The summed E-state index contributed by atoms with van der Waals surface area (Å²) in [7, 11) is -3.78. The third kappa shape index (κ3) is 6.01. The number of carbonyl (C=O) groups excluding carboxylic acids is 3. The molecule has 0 radical (unpaired) electrons. The number of benzene rings is 1. The average Bonchev–Trinajstić information content (AvgIpc) is 3.18. The average molecular weight is 463 g/mol. The van der Waals surface area contributed by atoms with Crippen LogP contribution < -0.4 is 10.0 Å². The molecular formula is C21H26N4O6S. The number of carbonyl (C=O) groups is 3. The highest BCUT2D eigenvalue weighted by Gasteiger charge is 2.28. The fourth-order valence-electron chi connectivity index (χ4n) is 3.45. The molecule has 0 spiro atoms. The molecule has 1 aliphatic rings. The standard InChI is InChI=1S/C21H26N4O6S/c1-14-13-19(24-31-14)23-21(28)17-8-11-25(12-9-17)20(27)7-10-22-32(29,30)18-5-3-16(4-6-18)15(2)26/h3-6,13,17,22H,7-12H2,1-2H3,(H,23,24,28). The van der Waals surface area contributed by atoms with Crippen molar-refractivity contribution >= 4 is 33.4 Å². The Kier molecular flexibility index (Phi) is 7.41. The first-order chi connectivity index (χ1) is 15.2. The summed E-state index contributed by atoms with van der Waals surface area (Å²) >= 11 is 0. The van der Waals surface area contributed by atoms with Gasteiger partial charge in [-0.25, -0.2) is 13.1 Å². The second-order valence-corrected chi connectivity index (χ2v) is 9.46. The molecule has 2 N–H and O–H groups in total. The van der Waals surface area contributed by atoms with Gasteiger partial charge < -0.3 is 14.7 Å².